The van der Waals surface area contributed by atoms with Gasteiger partial charge in [-0.05, 0) is 77.0 Å². The average Bonchev–Trinajstić information content (AvgIpc) is 3.27. The third-order valence-corrected chi connectivity index (χ3v) is 10.9. The van der Waals surface area contributed by atoms with Crippen LogP contribution in [0.2, 0.25) is 0 Å². The van der Waals surface area contributed by atoms with Gasteiger partial charge in [0.05, 0.1) is 0 Å². The number of ether oxygens (including phenoxy) is 3. The van der Waals surface area contributed by atoms with Gasteiger partial charge in [-0.1, -0.05) is 222 Å². The van der Waals surface area contributed by atoms with E-state index in [0.717, 1.165) is 96.3 Å². The van der Waals surface area contributed by atoms with Gasteiger partial charge in [0, 0.05) is 19.3 Å². The van der Waals surface area contributed by atoms with Crippen molar-refractivity contribution in [1.29, 1.82) is 0 Å². The predicted octanol–water partition coefficient (Wildman–Crippen LogP) is 17.0. The van der Waals surface area contributed by atoms with Crippen LogP contribution in [0.15, 0.2) is 72.9 Å². The van der Waals surface area contributed by atoms with Crippen LogP contribution >= 0.6 is 0 Å². The van der Waals surface area contributed by atoms with Gasteiger partial charge in [-0.3, -0.25) is 14.4 Å². The Morgan fingerprint density at radius 3 is 1.11 bits per heavy atom. The van der Waals surface area contributed by atoms with E-state index < -0.39 is 6.10 Å². The van der Waals surface area contributed by atoms with E-state index in [9.17, 15) is 14.4 Å². The quantitative estimate of drug-likeness (QED) is 0.0262. The van der Waals surface area contributed by atoms with E-state index in [1.807, 2.05) is 0 Å². The number of unbranched alkanes of at least 4 members (excludes halogenated alkanes) is 23. The monoisotopic (exact) mass is 865 g/mol. The van der Waals surface area contributed by atoms with Gasteiger partial charge in [-0.25, -0.2) is 0 Å². The highest BCUT2D eigenvalue weighted by Crippen LogP contribution is 2.15. The number of carbonyl (C=O) groups is 3. The Morgan fingerprint density at radius 2 is 0.661 bits per heavy atom. The minimum Gasteiger partial charge on any atom is -0.462 e. The maximum absolute atomic E-state index is 12.8. The Morgan fingerprint density at radius 1 is 0.339 bits per heavy atom. The maximum Gasteiger partial charge on any atom is 0.306 e. The highest BCUT2D eigenvalue weighted by atomic mass is 16.6. The first-order chi connectivity index (χ1) is 30.5. The molecule has 0 spiro atoms. The molecule has 6 nitrogen and oxygen atoms in total. The van der Waals surface area contributed by atoms with Crippen molar-refractivity contribution in [2.45, 2.75) is 252 Å². The number of hydrogen-bond acceptors (Lipinski definition) is 6. The topological polar surface area (TPSA) is 78.9 Å². The Kier molecular flexibility index (Phi) is 47.9. The van der Waals surface area contributed by atoms with Crippen LogP contribution in [0.3, 0.4) is 0 Å². The summed E-state index contributed by atoms with van der Waals surface area (Å²) >= 11 is 0. The molecule has 0 rings (SSSR count). The highest BCUT2D eigenvalue weighted by molar-refractivity contribution is 5.71. The molecule has 0 aromatic carbocycles. The highest BCUT2D eigenvalue weighted by Gasteiger charge is 2.19. The summed E-state index contributed by atoms with van der Waals surface area (Å²) in [6, 6.07) is 0. The number of esters is 3. The fourth-order valence-corrected chi connectivity index (χ4v) is 7.05. The Balaban J connectivity index is 4.42. The summed E-state index contributed by atoms with van der Waals surface area (Å²) < 4.78 is 16.7. The van der Waals surface area contributed by atoms with Gasteiger partial charge in [0.1, 0.15) is 13.2 Å². The van der Waals surface area contributed by atoms with Crippen molar-refractivity contribution in [3.05, 3.63) is 72.9 Å². The van der Waals surface area contributed by atoms with Gasteiger partial charge >= 0.3 is 17.9 Å². The van der Waals surface area contributed by atoms with Gasteiger partial charge in [0.15, 0.2) is 6.10 Å². The van der Waals surface area contributed by atoms with Gasteiger partial charge in [0.25, 0.3) is 0 Å². The smallest absolute Gasteiger partial charge is 0.306 e. The molecule has 0 aromatic rings. The van der Waals surface area contributed by atoms with Crippen molar-refractivity contribution < 1.29 is 28.6 Å². The molecule has 0 bridgehead atoms. The van der Waals surface area contributed by atoms with Crippen molar-refractivity contribution in [2.75, 3.05) is 13.2 Å². The lowest BCUT2D eigenvalue weighted by Gasteiger charge is -2.18. The van der Waals surface area contributed by atoms with Crippen LogP contribution in [0, 0.1) is 0 Å². The SMILES string of the molecule is CC/C=C\C/C=C\C/C=C\C/C=C\C/C=C\CCCC(=O)OCC(COC(=O)CCCCCC/C=C\CCCC)OC(=O)CCCCCCCCCCCCCCCCCCC. The summed E-state index contributed by atoms with van der Waals surface area (Å²) in [5.74, 6) is -0.967. The van der Waals surface area contributed by atoms with Crippen LogP contribution in [-0.2, 0) is 28.6 Å². The van der Waals surface area contributed by atoms with E-state index >= 15 is 0 Å². The van der Waals surface area contributed by atoms with Crippen LogP contribution in [0.4, 0.5) is 0 Å². The molecule has 0 aromatic heterocycles. The maximum atomic E-state index is 12.8. The van der Waals surface area contributed by atoms with Crippen molar-refractivity contribution in [3.63, 3.8) is 0 Å². The van der Waals surface area contributed by atoms with Crippen LogP contribution in [-0.4, -0.2) is 37.2 Å². The van der Waals surface area contributed by atoms with Crippen molar-refractivity contribution in [3.8, 4) is 0 Å². The lowest BCUT2D eigenvalue weighted by Crippen LogP contribution is -2.30. The third-order valence-electron chi connectivity index (χ3n) is 10.9. The first kappa shape index (κ1) is 58.9. The summed E-state index contributed by atoms with van der Waals surface area (Å²) in [5.41, 5.74) is 0. The van der Waals surface area contributed by atoms with Gasteiger partial charge < -0.3 is 14.2 Å². The Hall–Kier alpha value is -3.15. The van der Waals surface area contributed by atoms with Crippen molar-refractivity contribution in [2.24, 2.45) is 0 Å². The minimum absolute atomic E-state index is 0.0977. The normalized spacial score (nSPS) is 12.6. The molecule has 0 amide bonds. The molecule has 0 N–H and O–H groups in total. The second-order valence-electron chi connectivity index (χ2n) is 17.1. The summed E-state index contributed by atoms with van der Waals surface area (Å²) in [6.07, 6.45) is 63.3. The lowest BCUT2D eigenvalue weighted by molar-refractivity contribution is -0.167. The summed E-state index contributed by atoms with van der Waals surface area (Å²) in [6.45, 7) is 6.43. The first-order valence-electron chi connectivity index (χ1n) is 25.9. The molecule has 0 heterocycles. The number of allylic oxidation sites excluding steroid dienone is 12. The fourth-order valence-electron chi connectivity index (χ4n) is 7.05. The molecular formula is C56H96O6. The van der Waals surface area contributed by atoms with Gasteiger partial charge in [-0.15, -0.1) is 0 Å². The Bertz CT molecular complexity index is 1180. The third kappa shape index (κ3) is 47.9. The molecular weight excluding hydrogens is 769 g/mol. The van der Waals surface area contributed by atoms with Gasteiger partial charge in [-0.2, -0.15) is 0 Å². The van der Waals surface area contributed by atoms with Crippen LogP contribution in [0.1, 0.15) is 245 Å². The molecule has 356 valence electrons. The molecule has 0 aliphatic rings. The van der Waals surface area contributed by atoms with Crippen LogP contribution < -0.4 is 0 Å². The summed E-state index contributed by atoms with van der Waals surface area (Å²) in [7, 11) is 0. The van der Waals surface area contributed by atoms with E-state index in [-0.39, 0.29) is 37.5 Å². The van der Waals surface area contributed by atoms with Crippen LogP contribution in [0.25, 0.3) is 0 Å². The summed E-state index contributed by atoms with van der Waals surface area (Å²) in [5, 5.41) is 0. The molecule has 62 heavy (non-hydrogen) atoms. The predicted molar refractivity (Wildman–Crippen MR) is 265 cm³/mol. The van der Waals surface area contributed by atoms with Gasteiger partial charge in [0.2, 0.25) is 0 Å². The van der Waals surface area contributed by atoms with E-state index in [1.54, 1.807) is 0 Å². The number of hydrogen-bond donors (Lipinski definition) is 0. The zero-order chi connectivity index (χ0) is 45.1. The largest absolute Gasteiger partial charge is 0.462 e. The molecule has 0 radical (unpaired) electrons. The number of rotatable bonds is 46. The van der Waals surface area contributed by atoms with E-state index in [2.05, 4.69) is 93.7 Å². The molecule has 0 aliphatic heterocycles. The van der Waals surface area contributed by atoms with Crippen molar-refractivity contribution >= 4 is 17.9 Å². The molecule has 0 aliphatic carbocycles. The average molecular weight is 865 g/mol. The fraction of sp³-hybridized carbons (Fsp3) is 0.732. The molecule has 0 saturated heterocycles. The minimum atomic E-state index is -0.799. The van der Waals surface area contributed by atoms with E-state index in [0.29, 0.717) is 19.3 Å². The second-order valence-corrected chi connectivity index (χ2v) is 17.1. The number of carbonyl (C=O) groups excluding carboxylic acids is 3. The standard InChI is InChI=1S/C56H96O6/c1-4-7-10-13-16-19-22-24-26-28-30-32-34-37-40-43-46-49-55(58)61-52-53(51-60-54(57)48-45-42-39-36-21-18-15-12-9-6-3)62-56(59)50-47-44-41-38-35-33-31-29-27-25-23-20-17-14-11-8-5-2/h7,10,15-16,18-19,24,26,30,32,37,40,53H,4-6,8-9,11-14,17,20-23,25,27-29,31,33-36,38-39,41-52H2,1-3H3/b10-7-,18-15-,19-16-,26-24-,32-30-,40-37-. The molecule has 0 fully saturated rings. The lowest BCUT2D eigenvalue weighted by atomic mass is 10.0. The molecule has 6 heteroatoms. The zero-order valence-electron chi connectivity index (χ0n) is 40.6. The molecule has 0 saturated carbocycles. The van der Waals surface area contributed by atoms with Crippen LogP contribution in [0.5, 0.6) is 0 Å². The second kappa shape index (κ2) is 50.5. The molecule has 1 unspecified atom stereocenters. The van der Waals surface area contributed by atoms with Crippen molar-refractivity contribution in [1.82, 2.24) is 0 Å². The van der Waals surface area contributed by atoms with E-state index in [4.69, 9.17) is 14.2 Å². The zero-order valence-corrected chi connectivity index (χ0v) is 40.6. The molecule has 1 atom stereocenters. The van der Waals surface area contributed by atoms with E-state index in [1.165, 1.54) is 103 Å². The Labute approximate surface area is 382 Å². The summed E-state index contributed by atoms with van der Waals surface area (Å²) in [4.78, 5) is 37.9. The first-order valence-corrected chi connectivity index (χ1v) is 25.9.